The second-order valence-corrected chi connectivity index (χ2v) is 7.43. The molecule has 0 bridgehead atoms. The lowest BCUT2D eigenvalue weighted by atomic mass is 10.2. The predicted octanol–water partition coefficient (Wildman–Crippen LogP) is 4.53. The van der Waals surface area contributed by atoms with Crippen molar-refractivity contribution < 1.29 is 9.13 Å². The normalized spacial score (nSPS) is 11.0. The first-order chi connectivity index (χ1) is 14.1. The zero-order valence-corrected chi connectivity index (χ0v) is 16.7. The molecule has 7 heteroatoms. The summed E-state index contributed by atoms with van der Waals surface area (Å²) in [5.74, 6) is 1.12. The molecule has 0 amide bonds. The van der Waals surface area contributed by atoms with Crippen molar-refractivity contribution in [2.75, 3.05) is 7.11 Å². The summed E-state index contributed by atoms with van der Waals surface area (Å²) in [5.41, 5.74) is 2.09. The summed E-state index contributed by atoms with van der Waals surface area (Å²) in [6.07, 6.45) is 1.71. The van der Waals surface area contributed by atoms with E-state index in [9.17, 15) is 9.18 Å². The van der Waals surface area contributed by atoms with Gasteiger partial charge in [0, 0.05) is 17.5 Å². The summed E-state index contributed by atoms with van der Waals surface area (Å²) in [7, 11) is 1.54. The molecule has 0 N–H and O–H groups in total. The molecule has 0 spiro atoms. The summed E-state index contributed by atoms with van der Waals surface area (Å²) in [4.78, 5) is 22.3. The van der Waals surface area contributed by atoms with Crippen LogP contribution in [0.15, 0.2) is 70.7 Å². The SMILES string of the molecule is COc1ccc(F)cc1CSc1nc2ccccc2c(=O)n1-c1ccc(C)cn1. The van der Waals surface area contributed by atoms with Crippen LogP contribution in [0.5, 0.6) is 5.75 Å². The molecule has 0 saturated heterocycles. The standard InChI is InChI=1S/C22H18FN3O2S/c1-14-7-10-20(24-12-14)26-21(27)17-5-3-4-6-18(17)25-22(26)29-13-15-11-16(23)8-9-19(15)28-2/h3-12H,13H2,1-2H3. The number of hydrogen-bond donors (Lipinski definition) is 0. The third kappa shape index (κ3) is 3.86. The highest BCUT2D eigenvalue weighted by molar-refractivity contribution is 7.98. The minimum atomic E-state index is -0.342. The Labute approximate surface area is 171 Å². The number of nitrogens with zero attached hydrogens (tertiary/aromatic N) is 3. The zero-order chi connectivity index (χ0) is 20.4. The number of benzene rings is 2. The highest BCUT2D eigenvalue weighted by Crippen LogP contribution is 2.29. The zero-order valence-electron chi connectivity index (χ0n) is 15.9. The molecule has 4 rings (SSSR count). The Morgan fingerprint density at radius 2 is 1.97 bits per heavy atom. The van der Waals surface area contributed by atoms with Crippen LogP contribution >= 0.6 is 11.8 Å². The minimum absolute atomic E-state index is 0.194. The number of fused-ring (bicyclic) bond motifs is 1. The van der Waals surface area contributed by atoms with Crippen LogP contribution in [0.4, 0.5) is 4.39 Å². The summed E-state index contributed by atoms with van der Waals surface area (Å²) in [5, 5.41) is 0.999. The van der Waals surface area contributed by atoms with Crippen LogP contribution in [0.3, 0.4) is 0 Å². The second-order valence-electron chi connectivity index (χ2n) is 6.49. The van der Waals surface area contributed by atoms with Gasteiger partial charge in [-0.15, -0.1) is 0 Å². The van der Waals surface area contributed by atoms with E-state index in [0.717, 1.165) is 5.56 Å². The second kappa shape index (κ2) is 8.05. The molecule has 0 fully saturated rings. The van der Waals surface area contributed by atoms with E-state index in [1.165, 1.54) is 28.5 Å². The fraction of sp³-hybridized carbons (Fsp3) is 0.136. The van der Waals surface area contributed by atoms with Crippen LogP contribution in [-0.4, -0.2) is 21.6 Å². The molecule has 0 radical (unpaired) electrons. The van der Waals surface area contributed by atoms with Crippen molar-refractivity contribution in [3.63, 3.8) is 0 Å². The lowest BCUT2D eigenvalue weighted by molar-refractivity contribution is 0.410. The van der Waals surface area contributed by atoms with Gasteiger partial charge in [0.25, 0.3) is 5.56 Å². The van der Waals surface area contributed by atoms with Gasteiger partial charge in [-0.3, -0.25) is 4.79 Å². The Bertz CT molecular complexity index is 1240. The molecule has 0 aliphatic carbocycles. The number of aryl methyl sites for hydroxylation is 1. The van der Waals surface area contributed by atoms with Gasteiger partial charge < -0.3 is 4.74 Å². The van der Waals surface area contributed by atoms with Gasteiger partial charge in [-0.1, -0.05) is 30.0 Å². The number of pyridine rings is 1. The van der Waals surface area contributed by atoms with E-state index in [2.05, 4.69) is 9.97 Å². The number of ether oxygens (including phenoxy) is 1. The number of methoxy groups -OCH3 is 1. The fourth-order valence-corrected chi connectivity index (χ4v) is 3.98. The van der Waals surface area contributed by atoms with E-state index in [1.54, 1.807) is 37.6 Å². The van der Waals surface area contributed by atoms with Crippen molar-refractivity contribution >= 4 is 22.7 Å². The van der Waals surface area contributed by atoms with Gasteiger partial charge in [0.2, 0.25) is 0 Å². The van der Waals surface area contributed by atoms with Gasteiger partial charge in [0.1, 0.15) is 17.4 Å². The average molecular weight is 407 g/mol. The molecule has 29 heavy (non-hydrogen) atoms. The molecule has 146 valence electrons. The van der Waals surface area contributed by atoms with Gasteiger partial charge in [-0.25, -0.2) is 18.9 Å². The maximum Gasteiger partial charge on any atom is 0.267 e. The summed E-state index contributed by atoms with van der Waals surface area (Å²) in [6.45, 7) is 1.93. The Hall–Kier alpha value is -3.19. The quantitative estimate of drug-likeness (QED) is 0.359. The van der Waals surface area contributed by atoms with Gasteiger partial charge in [0.05, 0.1) is 18.0 Å². The van der Waals surface area contributed by atoms with Crippen molar-refractivity contribution in [3.8, 4) is 11.6 Å². The van der Waals surface area contributed by atoms with Crippen LogP contribution in [0.2, 0.25) is 0 Å². The van der Waals surface area contributed by atoms with Crippen molar-refractivity contribution in [3.05, 3.63) is 88.1 Å². The van der Waals surface area contributed by atoms with E-state index in [1.807, 2.05) is 25.1 Å². The molecule has 5 nitrogen and oxygen atoms in total. The highest BCUT2D eigenvalue weighted by Gasteiger charge is 2.15. The third-order valence-corrected chi connectivity index (χ3v) is 5.46. The number of rotatable bonds is 5. The molecular formula is C22H18FN3O2S. The van der Waals surface area contributed by atoms with E-state index in [4.69, 9.17) is 4.74 Å². The molecular weight excluding hydrogens is 389 g/mol. The van der Waals surface area contributed by atoms with Gasteiger partial charge in [-0.05, 0) is 48.9 Å². The summed E-state index contributed by atoms with van der Waals surface area (Å²) >= 11 is 1.33. The number of thioether (sulfide) groups is 1. The first-order valence-corrected chi connectivity index (χ1v) is 9.95. The third-order valence-electron chi connectivity index (χ3n) is 4.47. The fourth-order valence-electron chi connectivity index (χ4n) is 3.01. The number of hydrogen-bond acceptors (Lipinski definition) is 5. The van der Waals surface area contributed by atoms with Crippen molar-refractivity contribution in [1.82, 2.24) is 14.5 Å². The van der Waals surface area contributed by atoms with Crippen LogP contribution in [0.25, 0.3) is 16.7 Å². The monoisotopic (exact) mass is 407 g/mol. The summed E-state index contributed by atoms with van der Waals surface area (Å²) in [6, 6.07) is 15.3. The van der Waals surface area contributed by atoms with Gasteiger partial charge >= 0.3 is 0 Å². The van der Waals surface area contributed by atoms with Crippen molar-refractivity contribution in [2.24, 2.45) is 0 Å². The smallest absolute Gasteiger partial charge is 0.267 e. The Morgan fingerprint density at radius 1 is 1.14 bits per heavy atom. The molecule has 2 aromatic heterocycles. The lowest BCUT2D eigenvalue weighted by Gasteiger charge is -2.13. The maximum atomic E-state index is 13.7. The molecule has 0 unspecified atom stereocenters. The molecule has 0 atom stereocenters. The number of aromatic nitrogens is 3. The van der Waals surface area contributed by atoms with Crippen LogP contribution < -0.4 is 10.3 Å². The summed E-state index contributed by atoms with van der Waals surface area (Å²) < 4.78 is 20.5. The van der Waals surface area contributed by atoms with E-state index in [0.29, 0.717) is 38.9 Å². The molecule has 2 aromatic carbocycles. The van der Waals surface area contributed by atoms with Crippen LogP contribution in [-0.2, 0) is 5.75 Å². The van der Waals surface area contributed by atoms with E-state index in [-0.39, 0.29) is 11.4 Å². The Kier molecular flexibility index (Phi) is 5.31. The lowest BCUT2D eigenvalue weighted by Crippen LogP contribution is -2.22. The molecule has 0 saturated carbocycles. The Morgan fingerprint density at radius 3 is 2.72 bits per heavy atom. The van der Waals surface area contributed by atoms with Crippen molar-refractivity contribution in [2.45, 2.75) is 17.8 Å². The minimum Gasteiger partial charge on any atom is -0.496 e. The van der Waals surface area contributed by atoms with E-state index < -0.39 is 0 Å². The predicted molar refractivity (Wildman–Crippen MR) is 112 cm³/mol. The van der Waals surface area contributed by atoms with Crippen LogP contribution in [0.1, 0.15) is 11.1 Å². The van der Waals surface area contributed by atoms with E-state index >= 15 is 0 Å². The topological polar surface area (TPSA) is 57.0 Å². The Balaban J connectivity index is 1.83. The molecule has 2 heterocycles. The first kappa shape index (κ1) is 19.1. The molecule has 4 aromatic rings. The van der Waals surface area contributed by atoms with Crippen LogP contribution in [0, 0.1) is 12.7 Å². The maximum absolute atomic E-state index is 13.7. The van der Waals surface area contributed by atoms with Crippen molar-refractivity contribution in [1.29, 1.82) is 0 Å². The average Bonchev–Trinajstić information content (AvgIpc) is 2.73. The highest BCUT2D eigenvalue weighted by atomic mass is 32.2. The molecule has 0 aliphatic heterocycles. The molecule has 0 aliphatic rings. The number of halogens is 1. The largest absolute Gasteiger partial charge is 0.496 e. The number of para-hydroxylation sites is 1. The van der Waals surface area contributed by atoms with Gasteiger partial charge in [0.15, 0.2) is 5.16 Å². The van der Waals surface area contributed by atoms with Gasteiger partial charge in [-0.2, -0.15) is 0 Å². The first-order valence-electron chi connectivity index (χ1n) is 8.97.